The molecule has 1 atom stereocenters. The van der Waals surface area contributed by atoms with E-state index < -0.39 is 42.5 Å². The minimum atomic E-state index is -1.75. The molecule has 2 aromatic rings. The number of carboxylic acid groups (broad SMARTS) is 2. The molecule has 1 aromatic heterocycles. The maximum Gasteiger partial charge on any atom is 0.336 e. The van der Waals surface area contributed by atoms with Crippen molar-refractivity contribution in [3.8, 4) is 5.75 Å². The van der Waals surface area contributed by atoms with E-state index in [9.17, 15) is 29.4 Å². The fourth-order valence-corrected chi connectivity index (χ4v) is 2.34. The predicted octanol–water partition coefficient (Wildman–Crippen LogP) is -1.89. The molecule has 1 amide bonds. The summed E-state index contributed by atoms with van der Waals surface area (Å²) in [7, 11) is 0. The number of hydrogen-bond donors (Lipinski definition) is 1. The zero-order chi connectivity index (χ0) is 19.3. The summed E-state index contributed by atoms with van der Waals surface area (Å²) in [6, 6.07) is 4.34. The highest BCUT2D eigenvalue weighted by Gasteiger charge is 2.14. The Morgan fingerprint density at radius 1 is 1.23 bits per heavy atom. The summed E-state index contributed by atoms with van der Waals surface area (Å²) < 4.78 is 10.3. The number of aliphatic carboxylic acids is 2. The van der Waals surface area contributed by atoms with Crippen LogP contribution in [0.2, 0.25) is 0 Å². The molecule has 2 rings (SSSR count). The topological polar surface area (TPSA) is 149 Å². The van der Waals surface area contributed by atoms with E-state index >= 15 is 0 Å². The molecule has 1 aromatic carbocycles. The van der Waals surface area contributed by atoms with Crippen molar-refractivity contribution in [3.05, 3.63) is 40.2 Å². The maximum absolute atomic E-state index is 11.7. The Morgan fingerprint density at radius 2 is 1.96 bits per heavy atom. The molecule has 9 nitrogen and oxygen atoms in total. The number of rotatable bonds is 8. The average molecular weight is 361 g/mol. The summed E-state index contributed by atoms with van der Waals surface area (Å²) in [5.41, 5.74) is 0.583. The molecule has 26 heavy (non-hydrogen) atoms. The molecule has 1 N–H and O–H groups in total. The van der Waals surface area contributed by atoms with E-state index in [0.29, 0.717) is 6.42 Å². The van der Waals surface area contributed by atoms with Gasteiger partial charge < -0.3 is 34.3 Å². The molecule has 0 saturated carbocycles. The summed E-state index contributed by atoms with van der Waals surface area (Å²) in [6.07, 6.45) is -0.289. The normalized spacial score (nSPS) is 11.7. The molecule has 0 radical (unpaired) electrons. The van der Waals surface area contributed by atoms with Crippen LogP contribution >= 0.6 is 0 Å². The lowest BCUT2D eigenvalue weighted by molar-refractivity contribution is -0.317. The molecular formula is C17H15NO8-2. The second-order valence-corrected chi connectivity index (χ2v) is 5.41. The Labute approximate surface area is 147 Å². The van der Waals surface area contributed by atoms with Crippen molar-refractivity contribution in [3.63, 3.8) is 0 Å². The van der Waals surface area contributed by atoms with Gasteiger partial charge in [0.15, 0.2) is 6.61 Å². The number of aryl methyl sites for hydroxylation is 1. The first-order valence-electron chi connectivity index (χ1n) is 7.69. The molecule has 0 spiro atoms. The van der Waals surface area contributed by atoms with Gasteiger partial charge >= 0.3 is 5.63 Å². The number of ether oxygens (including phenoxy) is 1. The van der Waals surface area contributed by atoms with Crippen molar-refractivity contribution in [1.82, 2.24) is 5.32 Å². The lowest BCUT2D eigenvalue weighted by Gasteiger charge is -2.20. The van der Waals surface area contributed by atoms with Crippen LogP contribution in [0.5, 0.6) is 5.75 Å². The fourth-order valence-electron chi connectivity index (χ4n) is 2.34. The number of benzene rings is 1. The second kappa shape index (κ2) is 8.15. The Hall–Kier alpha value is -3.36. The third-order valence-electron chi connectivity index (χ3n) is 3.54. The van der Waals surface area contributed by atoms with Crippen molar-refractivity contribution < 1.29 is 33.8 Å². The third kappa shape index (κ3) is 4.82. The summed E-state index contributed by atoms with van der Waals surface area (Å²) in [5, 5.41) is 23.9. The summed E-state index contributed by atoms with van der Waals surface area (Å²) in [6.45, 7) is 1.32. The lowest BCUT2D eigenvalue weighted by atomic mass is 10.1. The first-order chi connectivity index (χ1) is 12.3. The van der Waals surface area contributed by atoms with Crippen LogP contribution < -0.4 is 25.9 Å². The van der Waals surface area contributed by atoms with Crippen LogP contribution in [0.3, 0.4) is 0 Å². The number of carbonyl (C=O) groups excluding carboxylic acids is 3. The van der Waals surface area contributed by atoms with Crippen molar-refractivity contribution in [1.29, 1.82) is 0 Å². The largest absolute Gasteiger partial charge is 0.550 e. The van der Waals surface area contributed by atoms with Crippen molar-refractivity contribution >= 4 is 28.8 Å². The highest BCUT2D eigenvalue weighted by Crippen LogP contribution is 2.22. The van der Waals surface area contributed by atoms with Crippen molar-refractivity contribution in [2.75, 3.05) is 6.61 Å². The Bertz CT molecular complexity index is 901. The molecule has 0 aliphatic rings. The molecule has 0 bridgehead atoms. The van der Waals surface area contributed by atoms with Crippen LogP contribution in [0, 0.1) is 0 Å². The van der Waals surface area contributed by atoms with Gasteiger partial charge in [-0.2, -0.15) is 0 Å². The number of fused-ring (bicyclic) bond motifs is 1. The van der Waals surface area contributed by atoms with Gasteiger partial charge in [-0.3, -0.25) is 4.79 Å². The van der Waals surface area contributed by atoms with Gasteiger partial charge in [0.2, 0.25) is 0 Å². The maximum atomic E-state index is 11.7. The van der Waals surface area contributed by atoms with Crippen molar-refractivity contribution in [2.24, 2.45) is 0 Å². The first kappa shape index (κ1) is 19.0. The van der Waals surface area contributed by atoms with Gasteiger partial charge in [0, 0.05) is 29.9 Å². The Kier molecular flexibility index (Phi) is 5.94. The van der Waals surface area contributed by atoms with Crippen LogP contribution in [0.4, 0.5) is 0 Å². The third-order valence-corrected chi connectivity index (χ3v) is 3.54. The van der Waals surface area contributed by atoms with Gasteiger partial charge in [0.05, 0.1) is 12.0 Å². The monoisotopic (exact) mass is 361 g/mol. The van der Waals surface area contributed by atoms with Crippen LogP contribution in [-0.2, 0) is 20.8 Å². The van der Waals surface area contributed by atoms with Gasteiger partial charge in [-0.15, -0.1) is 0 Å². The molecule has 0 fully saturated rings. The number of hydrogen-bond acceptors (Lipinski definition) is 8. The molecule has 138 valence electrons. The van der Waals surface area contributed by atoms with E-state index in [1.165, 1.54) is 12.1 Å². The predicted molar refractivity (Wildman–Crippen MR) is 83.9 cm³/mol. The molecule has 0 aliphatic carbocycles. The smallest absolute Gasteiger partial charge is 0.336 e. The van der Waals surface area contributed by atoms with Crippen LogP contribution in [0.1, 0.15) is 18.9 Å². The summed E-state index contributed by atoms with van der Waals surface area (Å²) in [5.74, 6) is -4.03. The SMILES string of the molecule is CCc1cc(=O)oc2cc(OCC(=O)N[C@H](CC(=O)[O-])C(=O)[O-])ccc12. The standard InChI is InChI=1S/C17H17NO8/c1-2-9-5-16(22)26-13-6-10(3-4-11(9)13)25-8-14(19)18-12(17(23)24)7-15(20)21/h3-6,12H,2,7-8H2,1H3,(H,18,19)(H,20,21)(H,23,24)/p-2/t12-/m1/s1. The zero-order valence-corrected chi connectivity index (χ0v) is 13.8. The minimum Gasteiger partial charge on any atom is -0.550 e. The second-order valence-electron chi connectivity index (χ2n) is 5.41. The van der Waals surface area contributed by atoms with E-state index in [2.05, 4.69) is 0 Å². The fraction of sp³-hybridized carbons (Fsp3) is 0.294. The minimum absolute atomic E-state index is 0.217. The quantitative estimate of drug-likeness (QED) is 0.536. The Morgan fingerprint density at radius 3 is 2.58 bits per heavy atom. The highest BCUT2D eigenvalue weighted by molar-refractivity contribution is 5.86. The van der Waals surface area contributed by atoms with Crippen molar-refractivity contribution in [2.45, 2.75) is 25.8 Å². The van der Waals surface area contributed by atoms with Crippen LogP contribution in [-0.4, -0.2) is 30.5 Å². The molecule has 0 saturated heterocycles. The van der Waals surface area contributed by atoms with Crippen LogP contribution in [0.25, 0.3) is 11.0 Å². The van der Waals surface area contributed by atoms with E-state index in [-0.39, 0.29) is 11.3 Å². The van der Waals surface area contributed by atoms with E-state index in [1.54, 1.807) is 12.1 Å². The number of nitrogens with one attached hydrogen (secondary N) is 1. The number of amides is 1. The summed E-state index contributed by atoms with van der Waals surface area (Å²) >= 11 is 0. The van der Waals surface area contributed by atoms with E-state index in [4.69, 9.17) is 9.15 Å². The van der Waals surface area contributed by atoms with Gasteiger partial charge in [-0.25, -0.2) is 4.79 Å². The Balaban J connectivity index is 2.07. The van der Waals surface area contributed by atoms with Gasteiger partial charge in [-0.05, 0) is 24.1 Å². The molecule has 0 aliphatic heterocycles. The average Bonchev–Trinajstić information content (AvgIpc) is 2.57. The summed E-state index contributed by atoms with van der Waals surface area (Å²) in [4.78, 5) is 44.5. The van der Waals surface area contributed by atoms with Crippen LogP contribution in [0.15, 0.2) is 33.5 Å². The number of carbonyl (C=O) groups is 3. The van der Waals surface area contributed by atoms with Gasteiger partial charge in [0.1, 0.15) is 11.3 Å². The van der Waals surface area contributed by atoms with E-state index in [0.717, 1.165) is 10.9 Å². The molecule has 1 heterocycles. The van der Waals surface area contributed by atoms with Gasteiger partial charge in [-0.1, -0.05) is 6.92 Å². The molecular weight excluding hydrogens is 346 g/mol. The highest BCUT2D eigenvalue weighted by atomic mass is 16.5. The molecule has 0 unspecified atom stereocenters. The van der Waals surface area contributed by atoms with E-state index in [1.807, 2.05) is 12.2 Å². The molecule has 9 heteroatoms. The van der Waals surface area contributed by atoms with Gasteiger partial charge in [0.25, 0.3) is 5.91 Å². The number of carboxylic acids is 2. The zero-order valence-electron chi connectivity index (χ0n) is 13.8. The lowest BCUT2D eigenvalue weighted by Crippen LogP contribution is -2.51. The first-order valence-corrected chi connectivity index (χ1v) is 7.69.